The van der Waals surface area contributed by atoms with E-state index in [1.807, 2.05) is 36.4 Å². The van der Waals surface area contributed by atoms with Gasteiger partial charge in [0.05, 0.1) is 12.2 Å². The van der Waals surface area contributed by atoms with Gasteiger partial charge < -0.3 is 15.1 Å². The number of nitrogens with one attached hydrogen (secondary N) is 2. The summed E-state index contributed by atoms with van der Waals surface area (Å²) in [5.41, 5.74) is 3.17. The van der Waals surface area contributed by atoms with Crippen molar-refractivity contribution >= 4 is 5.96 Å². The van der Waals surface area contributed by atoms with Gasteiger partial charge in [0.15, 0.2) is 5.96 Å². The van der Waals surface area contributed by atoms with Gasteiger partial charge in [0, 0.05) is 18.7 Å². The molecule has 0 saturated heterocycles. The van der Waals surface area contributed by atoms with E-state index in [0.29, 0.717) is 18.5 Å². The van der Waals surface area contributed by atoms with Crippen LogP contribution in [0.25, 0.3) is 11.5 Å². The predicted octanol–water partition coefficient (Wildman–Crippen LogP) is 4.03. The van der Waals surface area contributed by atoms with Crippen LogP contribution in [0.2, 0.25) is 0 Å². The number of guanidine groups is 1. The minimum atomic E-state index is 0.314. The molecule has 140 valence electrons. The second kappa shape index (κ2) is 9.57. The number of aromatic nitrogens is 1. The van der Waals surface area contributed by atoms with Crippen LogP contribution in [0.4, 0.5) is 0 Å². The lowest BCUT2D eigenvalue weighted by Gasteiger charge is -2.17. The maximum absolute atomic E-state index is 5.57. The molecule has 1 atom stereocenters. The number of rotatable bonds is 7. The smallest absolute Gasteiger partial charge is 0.226 e. The van der Waals surface area contributed by atoms with Gasteiger partial charge in [-0.2, -0.15) is 0 Å². The summed E-state index contributed by atoms with van der Waals surface area (Å²) in [6.07, 6.45) is 3.75. The Kier molecular flexibility index (Phi) is 6.63. The summed E-state index contributed by atoms with van der Waals surface area (Å²) in [5.74, 6) is 1.39. The highest BCUT2D eigenvalue weighted by Gasteiger charge is 2.09. The molecule has 1 aromatic heterocycles. The van der Waals surface area contributed by atoms with Crippen molar-refractivity contribution in [3.8, 4) is 11.5 Å². The van der Waals surface area contributed by atoms with Crippen molar-refractivity contribution in [1.82, 2.24) is 15.6 Å². The van der Waals surface area contributed by atoms with Gasteiger partial charge in [-0.1, -0.05) is 48.5 Å². The number of hydrogen-bond acceptors (Lipinski definition) is 3. The number of oxazole rings is 1. The highest BCUT2D eigenvalue weighted by molar-refractivity contribution is 5.79. The molecule has 2 N–H and O–H groups in total. The highest BCUT2D eigenvalue weighted by atomic mass is 16.3. The van der Waals surface area contributed by atoms with Crippen molar-refractivity contribution in [3.63, 3.8) is 0 Å². The minimum absolute atomic E-state index is 0.314. The van der Waals surface area contributed by atoms with Crippen molar-refractivity contribution in [2.75, 3.05) is 7.05 Å². The lowest BCUT2D eigenvalue weighted by molar-refractivity contribution is 0.571. The third-order valence-corrected chi connectivity index (χ3v) is 4.33. The molecule has 0 saturated carbocycles. The Bertz CT molecular complexity index is 843. The fraction of sp³-hybridized carbons (Fsp3) is 0.273. The lowest BCUT2D eigenvalue weighted by atomic mass is 10.1. The zero-order valence-corrected chi connectivity index (χ0v) is 15.9. The monoisotopic (exact) mass is 362 g/mol. The summed E-state index contributed by atoms with van der Waals surface area (Å²) in [6.45, 7) is 2.72. The number of aryl methyl sites for hydroxylation is 1. The summed E-state index contributed by atoms with van der Waals surface area (Å²) < 4.78 is 5.57. The molecule has 0 bridgehead atoms. The first-order valence-corrected chi connectivity index (χ1v) is 9.25. The maximum atomic E-state index is 5.57. The van der Waals surface area contributed by atoms with Crippen LogP contribution in [0.15, 0.2) is 76.3 Å². The molecule has 0 fully saturated rings. The van der Waals surface area contributed by atoms with E-state index in [1.165, 1.54) is 5.56 Å². The number of hydrogen-bond donors (Lipinski definition) is 2. The summed E-state index contributed by atoms with van der Waals surface area (Å²) in [7, 11) is 1.78. The van der Waals surface area contributed by atoms with Crippen molar-refractivity contribution in [3.05, 3.63) is 78.2 Å². The van der Waals surface area contributed by atoms with Crippen LogP contribution in [-0.4, -0.2) is 24.0 Å². The van der Waals surface area contributed by atoms with E-state index in [1.54, 1.807) is 13.3 Å². The summed E-state index contributed by atoms with van der Waals surface area (Å²) in [4.78, 5) is 8.83. The van der Waals surface area contributed by atoms with Gasteiger partial charge in [0.25, 0.3) is 0 Å². The highest BCUT2D eigenvalue weighted by Crippen LogP contribution is 2.17. The quantitative estimate of drug-likeness (QED) is 0.492. The number of aliphatic imine (C=N–C) groups is 1. The van der Waals surface area contributed by atoms with E-state index in [4.69, 9.17) is 4.42 Å². The molecule has 1 heterocycles. The van der Waals surface area contributed by atoms with Gasteiger partial charge in [-0.15, -0.1) is 0 Å². The summed E-state index contributed by atoms with van der Waals surface area (Å²) >= 11 is 0. The van der Waals surface area contributed by atoms with Crippen LogP contribution < -0.4 is 10.6 Å². The van der Waals surface area contributed by atoms with E-state index in [2.05, 4.69) is 51.8 Å². The number of benzene rings is 2. The number of nitrogens with zero attached hydrogens (tertiary/aromatic N) is 2. The molecule has 0 aliphatic rings. The predicted molar refractivity (Wildman–Crippen MR) is 109 cm³/mol. The first-order chi connectivity index (χ1) is 13.2. The molecule has 3 rings (SSSR count). The minimum Gasteiger partial charge on any atom is -0.444 e. The Balaban J connectivity index is 1.47. The van der Waals surface area contributed by atoms with Gasteiger partial charge in [0.2, 0.25) is 5.89 Å². The van der Waals surface area contributed by atoms with Crippen LogP contribution in [0, 0.1) is 0 Å². The molecule has 0 spiro atoms. The first-order valence-electron chi connectivity index (χ1n) is 9.25. The maximum Gasteiger partial charge on any atom is 0.226 e. The average molecular weight is 362 g/mol. The molecule has 1 unspecified atom stereocenters. The van der Waals surface area contributed by atoms with Crippen LogP contribution in [0.1, 0.15) is 24.6 Å². The molecule has 3 aromatic rings. The van der Waals surface area contributed by atoms with Crippen molar-refractivity contribution in [2.45, 2.75) is 32.4 Å². The van der Waals surface area contributed by atoms with Crippen molar-refractivity contribution in [2.24, 2.45) is 4.99 Å². The van der Waals surface area contributed by atoms with E-state index >= 15 is 0 Å². The van der Waals surface area contributed by atoms with Crippen LogP contribution in [0.3, 0.4) is 0 Å². The molecule has 5 nitrogen and oxygen atoms in total. The third-order valence-electron chi connectivity index (χ3n) is 4.33. The fourth-order valence-corrected chi connectivity index (χ4v) is 2.80. The normalized spacial score (nSPS) is 12.6. The average Bonchev–Trinajstić information content (AvgIpc) is 3.20. The standard InChI is InChI=1S/C22H26N4O/c1-17(13-14-18-9-5-3-6-10-18)25-22(23-2)24-15-20-16-27-21(26-20)19-11-7-4-8-12-19/h3-12,16-17H,13-15H2,1-2H3,(H2,23,24,25). The van der Waals surface area contributed by atoms with E-state index < -0.39 is 0 Å². The molecular formula is C22H26N4O. The van der Waals surface area contributed by atoms with Crippen molar-refractivity contribution in [1.29, 1.82) is 0 Å². The zero-order valence-electron chi connectivity index (χ0n) is 15.9. The van der Waals surface area contributed by atoms with Gasteiger partial charge >= 0.3 is 0 Å². The molecule has 27 heavy (non-hydrogen) atoms. The molecule has 0 aliphatic carbocycles. The van der Waals surface area contributed by atoms with Gasteiger partial charge in [-0.05, 0) is 37.5 Å². The Morgan fingerprint density at radius 2 is 1.78 bits per heavy atom. The molecule has 0 amide bonds. The SMILES string of the molecule is CN=C(NCc1coc(-c2ccccc2)n1)NC(C)CCc1ccccc1. The second-order valence-corrected chi connectivity index (χ2v) is 6.51. The summed E-state index contributed by atoms with van der Waals surface area (Å²) in [6, 6.07) is 20.7. The largest absolute Gasteiger partial charge is 0.444 e. The van der Waals surface area contributed by atoms with E-state index in [0.717, 1.165) is 30.1 Å². The van der Waals surface area contributed by atoms with E-state index in [9.17, 15) is 0 Å². The Hall–Kier alpha value is -3.08. The zero-order chi connectivity index (χ0) is 18.9. The van der Waals surface area contributed by atoms with Gasteiger partial charge in [-0.3, -0.25) is 4.99 Å². The van der Waals surface area contributed by atoms with Crippen LogP contribution >= 0.6 is 0 Å². The van der Waals surface area contributed by atoms with Crippen LogP contribution in [-0.2, 0) is 13.0 Å². The summed E-state index contributed by atoms with van der Waals surface area (Å²) in [5, 5.41) is 6.72. The van der Waals surface area contributed by atoms with Gasteiger partial charge in [-0.25, -0.2) is 4.98 Å². The van der Waals surface area contributed by atoms with E-state index in [-0.39, 0.29) is 0 Å². The van der Waals surface area contributed by atoms with Crippen molar-refractivity contribution < 1.29 is 4.42 Å². The lowest BCUT2D eigenvalue weighted by Crippen LogP contribution is -2.42. The third kappa shape index (κ3) is 5.71. The molecule has 2 aromatic carbocycles. The first kappa shape index (κ1) is 18.7. The molecular weight excluding hydrogens is 336 g/mol. The Morgan fingerprint density at radius 1 is 1.07 bits per heavy atom. The molecule has 0 aliphatic heterocycles. The second-order valence-electron chi connectivity index (χ2n) is 6.51. The Morgan fingerprint density at radius 3 is 2.48 bits per heavy atom. The fourth-order valence-electron chi connectivity index (χ4n) is 2.80. The Labute approximate surface area is 160 Å². The molecule has 5 heteroatoms. The van der Waals surface area contributed by atoms with Crippen LogP contribution in [0.5, 0.6) is 0 Å². The van der Waals surface area contributed by atoms with Gasteiger partial charge in [0.1, 0.15) is 6.26 Å². The molecule has 0 radical (unpaired) electrons. The topological polar surface area (TPSA) is 62.5 Å².